The van der Waals surface area contributed by atoms with Crippen LogP contribution in [0, 0.1) is 4.91 Å². The van der Waals surface area contributed by atoms with Crippen LogP contribution in [0.5, 0.6) is 0 Å². The average Bonchev–Trinajstić information content (AvgIpc) is 2.78. The van der Waals surface area contributed by atoms with E-state index >= 15 is 0 Å². The number of nitrogens with zero attached hydrogens (tertiary/aromatic N) is 4. The molecule has 0 spiro atoms. The number of hydrogen-bond donors (Lipinski definition) is 1. The Labute approximate surface area is 95.3 Å². The molecule has 1 fully saturated rings. The normalized spacial score (nSPS) is 16.2. The standard InChI is InChI=1S/C8H10N4O3S/c13-7(14)6-5-16-8(9-6)11-1-3-12(10-15)4-2-11/h5H,1-4H2,(H,13,14). The van der Waals surface area contributed by atoms with Gasteiger partial charge in [0.05, 0.1) is 18.4 Å². The number of hydrogen-bond acceptors (Lipinski definition) is 6. The first kappa shape index (κ1) is 10.8. The Morgan fingerprint density at radius 1 is 1.44 bits per heavy atom. The van der Waals surface area contributed by atoms with Gasteiger partial charge in [-0.2, -0.15) is 0 Å². The van der Waals surface area contributed by atoms with Gasteiger partial charge in [-0.1, -0.05) is 0 Å². The van der Waals surface area contributed by atoms with Crippen LogP contribution in [0.25, 0.3) is 0 Å². The first-order chi connectivity index (χ1) is 7.70. The number of aromatic nitrogens is 1. The summed E-state index contributed by atoms with van der Waals surface area (Å²) in [6.07, 6.45) is 0. The van der Waals surface area contributed by atoms with Crippen LogP contribution in [0.3, 0.4) is 0 Å². The van der Waals surface area contributed by atoms with E-state index in [1.807, 2.05) is 4.90 Å². The van der Waals surface area contributed by atoms with Crippen molar-refractivity contribution >= 4 is 22.4 Å². The third-order valence-corrected chi connectivity index (χ3v) is 3.25. The van der Waals surface area contributed by atoms with Gasteiger partial charge in [0.15, 0.2) is 10.8 Å². The quantitative estimate of drug-likeness (QED) is 0.783. The lowest BCUT2D eigenvalue weighted by molar-refractivity contribution is 0.0691. The van der Waals surface area contributed by atoms with Crippen LogP contribution in [0.1, 0.15) is 10.5 Å². The second-order valence-corrected chi connectivity index (χ2v) is 4.18. The Morgan fingerprint density at radius 2 is 2.12 bits per heavy atom. The van der Waals surface area contributed by atoms with Crippen molar-refractivity contribution in [1.29, 1.82) is 0 Å². The topological polar surface area (TPSA) is 86.1 Å². The predicted octanol–water partition coefficient (Wildman–Crippen LogP) is 0.645. The van der Waals surface area contributed by atoms with Crippen molar-refractivity contribution in [2.75, 3.05) is 31.1 Å². The highest BCUT2D eigenvalue weighted by Crippen LogP contribution is 2.21. The van der Waals surface area contributed by atoms with Gasteiger partial charge in [0.2, 0.25) is 0 Å². The van der Waals surface area contributed by atoms with Crippen LogP contribution >= 0.6 is 11.3 Å². The van der Waals surface area contributed by atoms with E-state index in [0.717, 1.165) is 0 Å². The number of piperazine rings is 1. The van der Waals surface area contributed by atoms with Gasteiger partial charge in [0, 0.05) is 18.5 Å². The number of anilines is 1. The van der Waals surface area contributed by atoms with Gasteiger partial charge in [0.1, 0.15) is 0 Å². The number of aromatic carboxylic acids is 1. The molecule has 0 atom stereocenters. The first-order valence-electron chi connectivity index (χ1n) is 4.72. The van der Waals surface area contributed by atoms with E-state index < -0.39 is 5.97 Å². The van der Waals surface area contributed by atoms with Crippen LogP contribution < -0.4 is 4.90 Å². The minimum absolute atomic E-state index is 0.0657. The summed E-state index contributed by atoms with van der Waals surface area (Å²) in [6.45, 7) is 2.37. The molecule has 0 bridgehead atoms. The maximum absolute atomic E-state index is 10.7. The Bertz CT molecular complexity index is 400. The van der Waals surface area contributed by atoms with E-state index in [-0.39, 0.29) is 5.69 Å². The summed E-state index contributed by atoms with van der Waals surface area (Å²) in [7, 11) is 0. The number of nitroso groups, excluding NO2 is 1. The van der Waals surface area contributed by atoms with Crippen LogP contribution in [-0.4, -0.2) is 47.2 Å². The van der Waals surface area contributed by atoms with Crippen molar-refractivity contribution in [2.24, 2.45) is 5.29 Å². The summed E-state index contributed by atoms with van der Waals surface area (Å²) >= 11 is 1.30. The number of carboxylic acids is 1. The molecule has 1 aromatic rings. The van der Waals surface area contributed by atoms with Gasteiger partial charge in [-0.15, -0.1) is 16.2 Å². The van der Waals surface area contributed by atoms with Crippen LogP contribution in [-0.2, 0) is 0 Å². The van der Waals surface area contributed by atoms with Crippen LogP contribution in [0.15, 0.2) is 10.7 Å². The highest BCUT2D eigenvalue weighted by atomic mass is 32.1. The first-order valence-corrected chi connectivity index (χ1v) is 5.60. The van der Waals surface area contributed by atoms with Crippen LogP contribution in [0.2, 0.25) is 0 Å². The Morgan fingerprint density at radius 3 is 2.62 bits per heavy atom. The lowest BCUT2D eigenvalue weighted by Gasteiger charge is -2.30. The molecule has 2 heterocycles. The van der Waals surface area contributed by atoms with Crippen molar-refractivity contribution in [3.8, 4) is 0 Å². The third-order valence-electron chi connectivity index (χ3n) is 2.35. The summed E-state index contributed by atoms with van der Waals surface area (Å²) in [6, 6.07) is 0. The highest BCUT2D eigenvalue weighted by molar-refractivity contribution is 7.13. The van der Waals surface area contributed by atoms with Crippen LogP contribution in [0.4, 0.5) is 5.13 Å². The molecule has 0 amide bonds. The minimum Gasteiger partial charge on any atom is -0.476 e. The maximum atomic E-state index is 10.7. The lowest BCUT2D eigenvalue weighted by Crippen LogP contribution is -2.43. The maximum Gasteiger partial charge on any atom is 0.355 e. The molecule has 1 aliphatic rings. The summed E-state index contributed by atoms with van der Waals surface area (Å²) in [5.41, 5.74) is 0.0657. The van der Waals surface area contributed by atoms with E-state index in [0.29, 0.717) is 31.3 Å². The van der Waals surface area contributed by atoms with E-state index in [4.69, 9.17) is 5.11 Å². The highest BCUT2D eigenvalue weighted by Gasteiger charge is 2.20. The van der Waals surface area contributed by atoms with Gasteiger partial charge in [0.25, 0.3) is 0 Å². The zero-order valence-electron chi connectivity index (χ0n) is 8.37. The number of rotatable bonds is 3. The van der Waals surface area contributed by atoms with Crippen molar-refractivity contribution in [3.05, 3.63) is 16.0 Å². The van der Waals surface area contributed by atoms with Gasteiger partial charge in [-0.05, 0) is 0 Å². The largest absolute Gasteiger partial charge is 0.476 e. The molecule has 0 aromatic carbocycles. The molecule has 1 N–H and O–H groups in total. The third kappa shape index (κ3) is 2.11. The van der Waals surface area contributed by atoms with Crippen molar-refractivity contribution in [1.82, 2.24) is 9.99 Å². The predicted molar refractivity (Wildman–Crippen MR) is 58.7 cm³/mol. The van der Waals surface area contributed by atoms with E-state index in [1.54, 1.807) is 0 Å². The SMILES string of the molecule is O=NN1CCN(c2nc(C(=O)O)cs2)CC1. The molecule has 1 aromatic heterocycles. The Balaban J connectivity index is 2.02. The van der Waals surface area contributed by atoms with Crippen molar-refractivity contribution < 1.29 is 9.90 Å². The second kappa shape index (κ2) is 4.44. The fourth-order valence-corrected chi connectivity index (χ4v) is 2.33. The minimum atomic E-state index is -1.02. The molecule has 1 aliphatic heterocycles. The number of thiazole rings is 1. The molecule has 0 saturated carbocycles. The summed E-state index contributed by atoms with van der Waals surface area (Å²) < 4.78 is 0. The van der Waals surface area contributed by atoms with Gasteiger partial charge in [-0.3, -0.25) is 5.01 Å². The molecular weight excluding hydrogens is 232 g/mol. The van der Waals surface area contributed by atoms with Gasteiger partial charge < -0.3 is 10.0 Å². The fraction of sp³-hybridized carbons (Fsp3) is 0.500. The number of carboxylic acid groups (broad SMARTS) is 1. The molecule has 2 rings (SSSR count). The molecule has 0 aliphatic carbocycles. The molecule has 16 heavy (non-hydrogen) atoms. The molecule has 8 heteroatoms. The molecule has 0 radical (unpaired) electrons. The van der Waals surface area contributed by atoms with Gasteiger partial charge >= 0.3 is 5.97 Å². The Hall–Kier alpha value is -1.70. The summed E-state index contributed by atoms with van der Waals surface area (Å²) in [5.74, 6) is -1.02. The van der Waals surface area contributed by atoms with Crippen molar-refractivity contribution in [3.63, 3.8) is 0 Å². The van der Waals surface area contributed by atoms with Gasteiger partial charge in [-0.25, -0.2) is 9.78 Å². The zero-order valence-corrected chi connectivity index (χ0v) is 9.18. The molecule has 0 unspecified atom stereocenters. The van der Waals surface area contributed by atoms with E-state index in [9.17, 15) is 9.70 Å². The monoisotopic (exact) mass is 242 g/mol. The van der Waals surface area contributed by atoms with E-state index in [2.05, 4.69) is 10.3 Å². The summed E-state index contributed by atoms with van der Waals surface area (Å²) in [5, 5.41) is 15.2. The average molecular weight is 242 g/mol. The Kier molecular flexibility index (Phi) is 3.00. The fourth-order valence-electron chi connectivity index (χ4n) is 1.48. The lowest BCUT2D eigenvalue weighted by atomic mass is 10.4. The van der Waals surface area contributed by atoms with E-state index in [1.165, 1.54) is 21.7 Å². The smallest absolute Gasteiger partial charge is 0.355 e. The van der Waals surface area contributed by atoms with Crippen molar-refractivity contribution in [2.45, 2.75) is 0 Å². The zero-order chi connectivity index (χ0) is 11.5. The molecular formula is C8H10N4O3S. The number of carbonyl (C=O) groups is 1. The summed E-state index contributed by atoms with van der Waals surface area (Å²) in [4.78, 5) is 26.9. The molecule has 7 nitrogen and oxygen atoms in total. The molecule has 86 valence electrons. The molecule has 1 saturated heterocycles. The second-order valence-electron chi connectivity index (χ2n) is 3.34.